The van der Waals surface area contributed by atoms with Crippen LogP contribution in [0.5, 0.6) is 0 Å². The van der Waals surface area contributed by atoms with Crippen molar-refractivity contribution in [3.05, 3.63) is 23.8 Å². The minimum atomic E-state index is -0.302. The van der Waals surface area contributed by atoms with Crippen molar-refractivity contribution in [1.82, 2.24) is 0 Å². The summed E-state index contributed by atoms with van der Waals surface area (Å²) >= 11 is 0. The third kappa shape index (κ3) is 3.44. The molecule has 0 heterocycles. The molecule has 110 valence electrons. The topological polar surface area (TPSA) is 64.3 Å². The summed E-state index contributed by atoms with van der Waals surface area (Å²) in [6.45, 7) is 4.37. The Hall–Kier alpha value is -1.71. The lowest BCUT2D eigenvalue weighted by molar-refractivity contribution is 0.0526. The molecule has 0 amide bonds. The lowest BCUT2D eigenvalue weighted by Crippen LogP contribution is -2.24. The molecule has 1 fully saturated rings. The molecule has 1 aliphatic carbocycles. The van der Waals surface area contributed by atoms with Crippen molar-refractivity contribution >= 4 is 17.3 Å². The molecule has 4 nitrogen and oxygen atoms in total. The second-order valence-electron chi connectivity index (χ2n) is 5.50. The van der Waals surface area contributed by atoms with Crippen molar-refractivity contribution in [3.63, 3.8) is 0 Å². The minimum absolute atomic E-state index is 0.302. The number of nitrogens with one attached hydrogen (secondary N) is 1. The number of nitrogen functional groups attached to an aromatic ring is 1. The maximum absolute atomic E-state index is 11.8. The van der Waals surface area contributed by atoms with E-state index in [2.05, 4.69) is 12.2 Å². The molecule has 4 heteroatoms. The Kier molecular flexibility index (Phi) is 4.88. The van der Waals surface area contributed by atoms with Crippen molar-refractivity contribution in [2.75, 3.05) is 17.7 Å². The lowest BCUT2D eigenvalue weighted by Gasteiger charge is -2.22. The number of carbonyl (C=O) groups excluding carboxylic acids is 1. The van der Waals surface area contributed by atoms with Crippen LogP contribution in [-0.4, -0.2) is 18.6 Å². The zero-order chi connectivity index (χ0) is 14.5. The molecule has 0 radical (unpaired) electrons. The Balaban J connectivity index is 2.09. The second kappa shape index (κ2) is 6.64. The molecule has 3 N–H and O–H groups in total. The van der Waals surface area contributed by atoms with Crippen molar-refractivity contribution in [3.8, 4) is 0 Å². The van der Waals surface area contributed by atoms with Gasteiger partial charge in [-0.05, 0) is 50.8 Å². The minimum Gasteiger partial charge on any atom is -0.462 e. The number of esters is 1. The first-order chi connectivity index (χ1) is 9.61. The van der Waals surface area contributed by atoms with Gasteiger partial charge in [0.2, 0.25) is 0 Å². The van der Waals surface area contributed by atoms with Crippen molar-refractivity contribution in [2.24, 2.45) is 5.92 Å². The number of anilines is 2. The predicted molar refractivity (Wildman–Crippen MR) is 81.9 cm³/mol. The first-order valence-corrected chi connectivity index (χ1v) is 7.45. The molecule has 0 spiro atoms. The monoisotopic (exact) mass is 276 g/mol. The first-order valence-electron chi connectivity index (χ1n) is 7.45. The first kappa shape index (κ1) is 14.7. The van der Waals surface area contributed by atoms with Gasteiger partial charge in [0.15, 0.2) is 0 Å². The van der Waals surface area contributed by atoms with E-state index in [9.17, 15) is 4.79 Å². The van der Waals surface area contributed by atoms with Crippen molar-refractivity contribution < 1.29 is 9.53 Å². The maximum Gasteiger partial charge on any atom is 0.338 e. The van der Waals surface area contributed by atoms with Gasteiger partial charge in [-0.1, -0.05) is 12.8 Å². The summed E-state index contributed by atoms with van der Waals surface area (Å²) in [6, 6.07) is 5.63. The van der Waals surface area contributed by atoms with Crippen LogP contribution in [0.2, 0.25) is 0 Å². The molecule has 20 heavy (non-hydrogen) atoms. The highest BCUT2D eigenvalue weighted by Crippen LogP contribution is 2.30. The van der Waals surface area contributed by atoms with Gasteiger partial charge in [-0.15, -0.1) is 0 Å². The van der Waals surface area contributed by atoms with Gasteiger partial charge in [0.25, 0.3) is 0 Å². The van der Waals surface area contributed by atoms with Crippen LogP contribution in [0.15, 0.2) is 18.2 Å². The standard InChI is InChI=1S/C16H24N2O2/c1-3-20-16(19)13-8-9-14(17)15(10-13)18-11(2)12-6-4-5-7-12/h8-12,18H,3-7,17H2,1-2H3. The van der Waals surface area contributed by atoms with E-state index in [0.717, 1.165) is 5.69 Å². The fourth-order valence-electron chi connectivity index (χ4n) is 2.84. The smallest absolute Gasteiger partial charge is 0.338 e. The van der Waals surface area contributed by atoms with Gasteiger partial charge in [0, 0.05) is 6.04 Å². The number of hydrogen-bond acceptors (Lipinski definition) is 4. The molecular weight excluding hydrogens is 252 g/mol. The van der Waals surface area contributed by atoms with Crippen LogP contribution in [0.4, 0.5) is 11.4 Å². The number of ether oxygens (including phenoxy) is 1. The van der Waals surface area contributed by atoms with Crippen LogP contribution >= 0.6 is 0 Å². The molecule has 2 rings (SSSR count). The Morgan fingerprint density at radius 1 is 1.45 bits per heavy atom. The zero-order valence-corrected chi connectivity index (χ0v) is 12.3. The summed E-state index contributed by atoms with van der Waals surface area (Å²) in [4.78, 5) is 11.8. The van der Waals surface area contributed by atoms with E-state index in [4.69, 9.17) is 10.5 Å². The SMILES string of the molecule is CCOC(=O)c1ccc(N)c(NC(C)C2CCCC2)c1. The predicted octanol–water partition coefficient (Wildman–Crippen LogP) is 3.44. The van der Waals surface area contributed by atoms with Gasteiger partial charge in [0.05, 0.1) is 23.5 Å². The summed E-state index contributed by atoms with van der Waals surface area (Å²) in [7, 11) is 0. The third-order valence-electron chi connectivity index (χ3n) is 4.05. The van der Waals surface area contributed by atoms with Crippen LogP contribution in [0.25, 0.3) is 0 Å². The van der Waals surface area contributed by atoms with Crippen LogP contribution < -0.4 is 11.1 Å². The Labute approximate surface area is 120 Å². The largest absolute Gasteiger partial charge is 0.462 e. The highest BCUT2D eigenvalue weighted by molar-refractivity contribution is 5.92. The summed E-state index contributed by atoms with van der Waals surface area (Å²) in [6.07, 6.45) is 5.17. The molecule has 1 aromatic carbocycles. The van der Waals surface area contributed by atoms with Crippen molar-refractivity contribution in [1.29, 1.82) is 0 Å². The van der Waals surface area contributed by atoms with Crippen LogP contribution in [0, 0.1) is 5.92 Å². The second-order valence-corrected chi connectivity index (χ2v) is 5.50. The summed E-state index contributed by atoms with van der Waals surface area (Å²) in [5, 5.41) is 3.46. The van der Waals surface area contributed by atoms with Gasteiger partial charge in [0.1, 0.15) is 0 Å². The number of benzene rings is 1. The number of hydrogen-bond donors (Lipinski definition) is 2. The molecule has 0 aromatic heterocycles. The molecule has 1 aliphatic rings. The van der Waals surface area contributed by atoms with Crippen molar-refractivity contribution in [2.45, 2.75) is 45.6 Å². The van der Waals surface area contributed by atoms with E-state index in [1.807, 2.05) is 0 Å². The zero-order valence-electron chi connectivity index (χ0n) is 12.3. The highest BCUT2D eigenvalue weighted by atomic mass is 16.5. The highest BCUT2D eigenvalue weighted by Gasteiger charge is 2.22. The molecule has 0 aliphatic heterocycles. The van der Waals surface area contributed by atoms with Gasteiger partial charge in [-0.3, -0.25) is 0 Å². The van der Waals surface area contributed by atoms with Gasteiger partial charge >= 0.3 is 5.97 Å². The Morgan fingerprint density at radius 2 is 2.15 bits per heavy atom. The summed E-state index contributed by atoms with van der Waals surface area (Å²) < 4.78 is 5.02. The number of nitrogens with two attached hydrogens (primary N) is 1. The molecule has 1 atom stereocenters. The Morgan fingerprint density at radius 3 is 2.80 bits per heavy atom. The molecule has 1 unspecified atom stereocenters. The molecule has 1 saturated carbocycles. The summed E-state index contributed by atoms with van der Waals surface area (Å²) in [5.41, 5.74) is 8.04. The van der Waals surface area contributed by atoms with E-state index in [1.165, 1.54) is 25.7 Å². The van der Waals surface area contributed by atoms with E-state index >= 15 is 0 Å². The fraction of sp³-hybridized carbons (Fsp3) is 0.562. The number of carbonyl (C=O) groups is 1. The van der Waals surface area contributed by atoms with Crippen LogP contribution in [0.1, 0.15) is 49.9 Å². The quantitative estimate of drug-likeness (QED) is 0.638. The Bertz CT molecular complexity index is 468. The molecular formula is C16H24N2O2. The van der Waals surface area contributed by atoms with Gasteiger partial charge < -0.3 is 15.8 Å². The van der Waals surface area contributed by atoms with E-state index in [-0.39, 0.29) is 5.97 Å². The van der Waals surface area contributed by atoms with E-state index < -0.39 is 0 Å². The average Bonchev–Trinajstić information content (AvgIpc) is 2.95. The van der Waals surface area contributed by atoms with E-state index in [0.29, 0.717) is 29.8 Å². The van der Waals surface area contributed by atoms with Gasteiger partial charge in [-0.2, -0.15) is 0 Å². The normalized spacial score (nSPS) is 16.9. The molecule has 1 aromatic rings. The molecule has 0 bridgehead atoms. The average molecular weight is 276 g/mol. The van der Waals surface area contributed by atoms with Crippen LogP contribution in [-0.2, 0) is 4.74 Å². The van der Waals surface area contributed by atoms with E-state index in [1.54, 1.807) is 25.1 Å². The molecule has 0 saturated heterocycles. The van der Waals surface area contributed by atoms with Gasteiger partial charge in [-0.25, -0.2) is 4.79 Å². The summed E-state index contributed by atoms with van der Waals surface area (Å²) in [5.74, 6) is 0.393. The number of rotatable bonds is 5. The third-order valence-corrected chi connectivity index (χ3v) is 4.05. The fourth-order valence-corrected chi connectivity index (χ4v) is 2.84. The maximum atomic E-state index is 11.8. The van der Waals surface area contributed by atoms with Crippen LogP contribution in [0.3, 0.4) is 0 Å². The lowest BCUT2D eigenvalue weighted by atomic mass is 9.99.